The monoisotopic (exact) mass is 317 g/mol. The summed E-state index contributed by atoms with van der Waals surface area (Å²) in [4.78, 5) is -0.302. The van der Waals surface area contributed by atoms with Gasteiger partial charge >= 0.3 is 7.12 Å². The number of hydrogen-bond donors (Lipinski definition) is 0. The van der Waals surface area contributed by atoms with Crippen molar-refractivity contribution in [2.24, 2.45) is 0 Å². The van der Waals surface area contributed by atoms with E-state index in [9.17, 15) is 0 Å². The molecule has 0 spiro atoms. The average Bonchev–Trinajstić information content (AvgIpc) is 2.93. The van der Waals surface area contributed by atoms with Crippen LogP contribution in [0.15, 0.2) is 24.2 Å². The summed E-state index contributed by atoms with van der Waals surface area (Å²) in [7, 11) is -1.43. The first-order valence-corrected chi connectivity index (χ1v) is 6.84. The highest BCUT2D eigenvalue weighted by atomic mass is 16.7. The topological polar surface area (TPSA) is 21.7 Å². The molecule has 22 heavy (non-hydrogen) atoms. The molecule has 2 aliphatic heterocycles. The molecule has 0 bridgehead atoms. The van der Waals surface area contributed by atoms with Crippen molar-refractivity contribution in [3.63, 3.8) is 0 Å². The van der Waals surface area contributed by atoms with Gasteiger partial charge in [-0.3, -0.25) is 0 Å². The molecule has 2 aliphatic rings. The predicted molar refractivity (Wildman–Crippen MR) is 92.8 cm³/mol. The summed E-state index contributed by atoms with van der Waals surface area (Å²) < 4.78 is 144. The molecular weight excluding hydrogens is 273 g/mol. The van der Waals surface area contributed by atoms with E-state index in [0.717, 1.165) is 0 Å². The highest BCUT2D eigenvalue weighted by Crippen LogP contribution is 2.36. The Bertz CT molecular complexity index is 1120. The zero-order valence-corrected chi connectivity index (χ0v) is 12.8. The van der Waals surface area contributed by atoms with Crippen LogP contribution in [0.2, 0.25) is 0 Å². The van der Waals surface area contributed by atoms with Crippen LogP contribution in [-0.4, -0.2) is 30.8 Å². The van der Waals surface area contributed by atoms with Crippen molar-refractivity contribution in [3.8, 4) is 0 Å². The van der Waals surface area contributed by atoms with Gasteiger partial charge in [-0.25, -0.2) is 0 Å². The van der Waals surface area contributed by atoms with Gasteiger partial charge in [0.2, 0.25) is 0 Å². The first-order valence-electron chi connectivity index (χ1n) is 14.8. The molecule has 3 nitrogen and oxygen atoms in total. The van der Waals surface area contributed by atoms with E-state index in [1.54, 1.807) is 27.7 Å². The van der Waals surface area contributed by atoms with Gasteiger partial charge in [0, 0.05) is 33.3 Å². The molecule has 0 amide bonds. The van der Waals surface area contributed by atoms with E-state index in [4.69, 9.17) is 31.2 Å². The van der Waals surface area contributed by atoms with Crippen molar-refractivity contribution < 1.29 is 31.2 Å². The van der Waals surface area contributed by atoms with Crippen LogP contribution in [0.5, 0.6) is 0 Å². The van der Waals surface area contributed by atoms with Crippen LogP contribution in [0.4, 0.5) is 5.69 Å². The fourth-order valence-corrected chi connectivity index (χ4v) is 1.96. The van der Waals surface area contributed by atoms with Crippen LogP contribution in [0.25, 0.3) is 0 Å². The van der Waals surface area contributed by atoms with Gasteiger partial charge in [-0.1, -0.05) is 12.1 Å². The third-order valence-corrected chi connectivity index (χ3v) is 3.98. The van der Waals surface area contributed by atoms with Gasteiger partial charge in [0.15, 0.2) is 0 Å². The number of anilines is 1. The third-order valence-electron chi connectivity index (χ3n) is 3.98. The number of nitrogens with zero attached hydrogens (tertiary/aromatic N) is 1. The number of piperidine rings is 1. The molecular formula is C18H28BNO2. The lowest BCUT2D eigenvalue weighted by molar-refractivity contribution is 0.00578. The molecule has 0 saturated carbocycles. The fourth-order valence-electron chi connectivity index (χ4n) is 1.96. The standard InChI is InChI=1S/C18H28BNO2/c1-14-8-6-7-13-20(14)16-11-9-15(10-12-16)19-21-17(2,3)18(4,5)22-19/h9-12,14H,6-8,13H2,1-5H3/i1D3,6D2,7D2,8D2,9D,10D,11D,12D,13D2,14D. The zero-order chi connectivity index (χ0) is 30.0. The Kier molecular flexibility index (Phi) is 1.40. The molecule has 2 saturated heterocycles. The molecule has 0 N–H and O–H groups in total. The van der Waals surface area contributed by atoms with Gasteiger partial charge in [0.25, 0.3) is 0 Å². The van der Waals surface area contributed by atoms with Crippen LogP contribution in [-0.2, 0) is 9.31 Å². The summed E-state index contributed by atoms with van der Waals surface area (Å²) in [5, 5.41) is 0. The lowest BCUT2D eigenvalue weighted by atomic mass is 9.79. The van der Waals surface area contributed by atoms with E-state index in [-0.39, 0.29) is 4.90 Å². The highest BCUT2D eigenvalue weighted by molar-refractivity contribution is 6.62. The lowest BCUT2D eigenvalue weighted by Gasteiger charge is -2.35. The Morgan fingerprint density at radius 2 is 1.86 bits per heavy atom. The zero-order valence-electron chi connectivity index (χ0n) is 28.8. The molecule has 0 aliphatic carbocycles. The SMILES string of the molecule is [2H]c1c([2H])c(N2C([2H])([2H])C([2H])([2H])C([2H])([2H])C([2H])([2H])C2([2H])C([2H])([2H])[2H])c([2H])c([2H])c1B1OC(C)(C)C(C)(C)O1. The summed E-state index contributed by atoms with van der Waals surface area (Å²) in [5.41, 5.74) is -3.57. The van der Waals surface area contributed by atoms with Crippen molar-refractivity contribution in [1.82, 2.24) is 0 Å². The number of benzene rings is 1. The van der Waals surface area contributed by atoms with Gasteiger partial charge < -0.3 is 14.2 Å². The molecule has 1 aromatic carbocycles. The fraction of sp³-hybridized carbons (Fsp3) is 0.667. The summed E-state index contributed by atoms with van der Waals surface area (Å²) >= 11 is 0. The Hall–Kier alpha value is -0.995. The minimum absolute atomic E-state index is 0.302. The largest absolute Gasteiger partial charge is 0.494 e. The highest BCUT2D eigenvalue weighted by Gasteiger charge is 2.51. The van der Waals surface area contributed by atoms with Crippen molar-refractivity contribution in [2.75, 3.05) is 11.4 Å². The summed E-state index contributed by atoms with van der Waals surface area (Å²) in [6.45, 7) is -1.05. The van der Waals surface area contributed by atoms with Gasteiger partial charge in [0.05, 0.1) is 18.1 Å². The van der Waals surface area contributed by atoms with E-state index in [2.05, 4.69) is 0 Å². The molecule has 4 heteroatoms. The van der Waals surface area contributed by atoms with Crippen molar-refractivity contribution in [3.05, 3.63) is 24.2 Å². The second-order valence-electron chi connectivity index (χ2n) is 6.02. The lowest BCUT2D eigenvalue weighted by Crippen LogP contribution is -2.41. The number of hydrogen-bond acceptors (Lipinski definition) is 3. The summed E-state index contributed by atoms with van der Waals surface area (Å²) in [6, 6.07) is -7.94. The Morgan fingerprint density at radius 1 is 1.23 bits per heavy atom. The molecule has 1 unspecified atom stereocenters. The minimum atomic E-state index is -3.96. The number of rotatable bonds is 2. The van der Waals surface area contributed by atoms with Crippen LogP contribution in [0.3, 0.4) is 0 Å². The first-order chi connectivity index (χ1) is 16.6. The quantitative estimate of drug-likeness (QED) is 0.781. The van der Waals surface area contributed by atoms with Gasteiger partial charge in [-0.2, -0.15) is 0 Å². The van der Waals surface area contributed by atoms with E-state index in [1.165, 1.54) is 0 Å². The van der Waals surface area contributed by atoms with Crippen molar-refractivity contribution in [1.29, 1.82) is 0 Å². The maximum absolute atomic E-state index is 8.72. The maximum Gasteiger partial charge on any atom is 0.494 e. The van der Waals surface area contributed by atoms with E-state index >= 15 is 0 Å². The molecule has 120 valence electrons. The molecule has 2 heterocycles. The molecule has 1 aromatic rings. The predicted octanol–water partition coefficient (Wildman–Crippen LogP) is 3.36. The van der Waals surface area contributed by atoms with Gasteiger partial charge in [0.1, 0.15) is 0 Å². The normalized spacial score (nSPS) is 50.9. The second-order valence-corrected chi connectivity index (χ2v) is 6.02. The summed E-state index contributed by atoms with van der Waals surface area (Å²) in [6.07, 6.45) is -11.7. The Balaban J connectivity index is 2.43. The van der Waals surface area contributed by atoms with Crippen molar-refractivity contribution in [2.45, 2.75) is 70.9 Å². The van der Waals surface area contributed by atoms with E-state index in [1.807, 2.05) is 0 Å². The third kappa shape index (κ3) is 2.79. The van der Waals surface area contributed by atoms with Crippen molar-refractivity contribution >= 4 is 18.3 Å². The van der Waals surface area contributed by atoms with Gasteiger partial charge in [-0.15, -0.1) is 0 Å². The molecule has 1 atom stereocenters. The Morgan fingerprint density at radius 3 is 2.45 bits per heavy atom. The van der Waals surface area contributed by atoms with Crippen LogP contribution in [0.1, 0.15) is 75.6 Å². The maximum atomic E-state index is 8.72. The van der Waals surface area contributed by atoms with E-state index in [0.29, 0.717) is 0 Å². The second kappa shape index (κ2) is 5.57. The molecule has 3 rings (SSSR count). The summed E-state index contributed by atoms with van der Waals surface area (Å²) in [5.74, 6) is 0. The minimum Gasteiger partial charge on any atom is -0.399 e. The smallest absolute Gasteiger partial charge is 0.399 e. The molecule has 0 aromatic heterocycles. The van der Waals surface area contributed by atoms with Crippen LogP contribution < -0.4 is 10.4 Å². The van der Waals surface area contributed by atoms with Crippen LogP contribution in [0, 0.1) is 0 Å². The van der Waals surface area contributed by atoms with Gasteiger partial charge in [-0.05, 0) is 71.2 Å². The van der Waals surface area contributed by atoms with E-state index < -0.39 is 92.1 Å². The molecule has 0 radical (unpaired) electrons. The average molecular weight is 317 g/mol. The first kappa shape index (κ1) is 5.53. The Labute approximate surface area is 157 Å². The van der Waals surface area contributed by atoms with Crippen LogP contribution >= 0.6 is 0 Å². The molecule has 2 fully saturated rings.